The van der Waals surface area contributed by atoms with Crippen LogP contribution in [0.2, 0.25) is 0 Å². The summed E-state index contributed by atoms with van der Waals surface area (Å²) in [6, 6.07) is 0. The monoisotopic (exact) mass is 226 g/mol. The molecule has 1 aliphatic carbocycles. The number of ether oxygens (including phenoxy) is 1. The predicted octanol–water partition coefficient (Wildman–Crippen LogP) is 0.930. The Kier molecular flexibility index (Phi) is 3.16. The third-order valence-corrected chi connectivity index (χ3v) is 3.20. The second kappa shape index (κ2) is 4.08. The molecule has 0 heterocycles. The van der Waals surface area contributed by atoms with Crippen LogP contribution in [-0.2, 0) is 19.1 Å². The lowest BCUT2D eigenvalue weighted by molar-refractivity contribution is -0.147. The van der Waals surface area contributed by atoms with E-state index in [1.807, 2.05) is 0 Å². The Morgan fingerprint density at radius 3 is 2.44 bits per heavy atom. The molecule has 0 aliphatic heterocycles. The van der Waals surface area contributed by atoms with E-state index in [1.54, 1.807) is 0 Å². The molecule has 0 saturated heterocycles. The van der Waals surface area contributed by atoms with Gasteiger partial charge in [-0.15, -0.1) is 0 Å². The number of carboxylic acid groups (broad SMARTS) is 1. The third-order valence-electron chi connectivity index (χ3n) is 3.20. The zero-order valence-corrected chi connectivity index (χ0v) is 9.49. The zero-order chi connectivity index (χ0) is 12.5. The van der Waals surface area contributed by atoms with Crippen molar-refractivity contribution in [3.63, 3.8) is 0 Å². The molecule has 0 fully saturated rings. The lowest BCUT2D eigenvalue weighted by atomic mass is 9.71. The fourth-order valence-corrected chi connectivity index (χ4v) is 1.80. The van der Waals surface area contributed by atoms with Gasteiger partial charge in [-0.2, -0.15) is 0 Å². The van der Waals surface area contributed by atoms with Gasteiger partial charge in [0.25, 0.3) is 0 Å². The maximum atomic E-state index is 11.6. The number of rotatable bonds is 2. The molecule has 0 bridgehead atoms. The van der Waals surface area contributed by atoms with Gasteiger partial charge in [0.1, 0.15) is 5.57 Å². The van der Waals surface area contributed by atoms with Crippen LogP contribution in [0, 0.1) is 5.41 Å². The van der Waals surface area contributed by atoms with Gasteiger partial charge in [-0.1, -0.05) is 0 Å². The Labute approximate surface area is 93.1 Å². The number of aliphatic carboxylic acids is 1. The zero-order valence-electron chi connectivity index (χ0n) is 9.49. The normalized spacial score (nSPS) is 25.6. The van der Waals surface area contributed by atoms with Crippen molar-refractivity contribution in [1.82, 2.24) is 0 Å². The Morgan fingerprint density at radius 2 is 2.00 bits per heavy atom. The average molecular weight is 226 g/mol. The Morgan fingerprint density at radius 1 is 1.44 bits per heavy atom. The molecule has 1 N–H and O–H groups in total. The summed E-state index contributed by atoms with van der Waals surface area (Å²) in [5.41, 5.74) is -0.987. The molecule has 88 valence electrons. The molecule has 1 aliphatic rings. The molecule has 1 rings (SSSR count). The highest BCUT2D eigenvalue weighted by molar-refractivity contribution is 6.19. The van der Waals surface area contributed by atoms with E-state index in [1.165, 1.54) is 21.0 Å². The van der Waals surface area contributed by atoms with E-state index < -0.39 is 17.4 Å². The van der Waals surface area contributed by atoms with Gasteiger partial charge in [0.05, 0.1) is 12.5 Å². The first kappa shape index (κ1) is 12.4. The minimum atomic E-state index is -1.16. The van der Waals surface area contributed by atoms with Crippen LogP contribution in [0.5, 0.6) is 0 Å². The van der Waals surface area contributed by atoms with Crippen LogP contribution >= 0.6 is 0 Å². The maximum Gasteiger partial charge on any atom is 0.341 e. The summed E-state index contributed by atoms with van der Waals surface area (Å²) in [5, 5.41) is 9.13. The number of carbonyl (C=O) groups excluding carboxylic acids is 2. The largest absolute Gasteiger partial charge is 0.481 e. The van der Waals surface area contributed by atoms with Crippen LogP contribution < -0.4 is 0 Å². The number of methoxy groups -OCH3 is 1. The fourth-order valence-electron chi connectivity index (χ4n) is 1.80. The quantitative estimate of drug-likeness (QED) is 0.559. The highest BCUT2D eigenvalue weighted by Gasteiger charge is 2.43. The minimum absolute atomic E-state index is 0.0601. The number of ketones is 1. The molecule has 0 aromatic heterocycles. The maximum absolute atomic E-state index is 11.6. The van der Waals surface area contributed by atoms with E-state index in [4.69, 9.17) is 5.11 Å². The molecule has 0 aromatic carbocycles. The fraction of sp³-hybridized carbons (Fsp3) is 0.545. The third kappa shape index (κ3) is 1.73. The summed E-state index contributed by atoms with van der Waals surface area (Å²) in [6.45, 7) is 3.01. The summed E-state index contributed by atoms with van der Waals surface area (Å²) in [6.07, 6.45) is 0.276. The summed E-state index contributed by atoms with van der Waals surface area (Å²) in [4.78, 5) is 34.1. The van der Waals surface area contributed by atoms with Crippen molar-refractivity contribution >= 4 is 17.7 Å². The van der Waals surface area contributed by atoms with E-state index in [9.17, 15) is 14.4 Å². The Balaban J connectivity index is 3.33. The summed E-state index contributed by atoms with van der Waals surface area (Å²) in [5.74, 6) is -2.13. The van der Waals surface area contributed by atoms with Gasteiger partial charge in [0.15, 0.2) is 5.78 Å². The first-order chi connectivity index (χ1) is 7.34. The first-order valence-corrected chi connectivity index (χ1v) is 4.91. The van der Waals surface area contributed by atoms with Crippen LogP contribution in [0.3, 0.4) is 0 Å². The minimum Gasteiger partial charge on any atom is -0.481 e. The second-order valence-corrected chi connectivity index (χ2v) is 4.05. The van der Waals surface area contributed by atoms with Crippen molar-refractivity contribution in [3.8, 4) is 0 Å². The van der Waals surface area contributed by atoms with Gasteiger partial charge in [-0.3, -0.25) is 9.59 Å². The summed E-state index contributed by atoms with van der Waals surface area (Å²) in [7, 11) is 1.17. The van der Waals surface area contributed by atoms with Crippen LogP contribution in [0.4, 0.5) is 0 Å². The van der Waals surface area contributed by atoms with Gasteiger partial charge in [0, 0.05) is 6.42 Å². The van der Waals surface area contributed by atoms with Gasteiger partial charge in [0.2, 0.25) is 0 Å². The number of Topliss-reactive ketones (excluding diaryl/α,β-unsaturated/α-hetero) is 1. The molecule has 0 aromatic rings. The summed E-state index contributed by atoms with van der Waals surface area (Å²) >= 11 is 0. The van der Waals surface area contributed by atoms with Crippen molar-refractivity contribution in [2.24, 2.45) is 5.41 Å². The molecule has 5 heteroatoms. The lowest BCUT2D eigenvalue weighted by Crippen LogP contribution is -2.36. The summed E-state index contributed by atoms with van der Waals surface area (Å²) < 4.78 is 4.49. The molecule has 5 nitrogen and oxygen atoms in total. The van der Waals surface area contributed by atoms with E-state index in [0.29, 0.717) is 0 Å². The van der Waals surface area contributed by atoms with Crippen LogP contribution in [0.25, 0.3) is 0 Å². The molecule has 0 spiro atoms. The highest BCUT2D eigenvalue weighted by atomic mass is 16.5. The predicted molar refractivity (Wildman–Crippen MR) is 54.7 cm³/mol. The van der Waals surface area contributed by atoms with Gasteiger partial charge in [-0.25, -0.2) is 4.79 Å². The van der Waals surface area contributed by atoms with Crippen molar-refractivity contribution in [1.29, 1.82) is 0 Å². The molecule has 0 saturated carbocycles. The van der Waals surface area contributed by atoms with Crippen LogP contribution in [0.15, 0.2) is 11.1 Å². The molecule has 1 atom stereocenters. The molecule has 0 amide bonds. The van der Waals surface area contributed by atoms with Crippen molar-refractivity contribution < 1.29 is 24.2 Å². The highest BCUT2D eigenvalue weighted by Crippen LogP contribution is 2.39. The molecule has 0 unspecified atom stereocenters. The van der Waals surface area contributed by atoms with E-state index in [2.05, 4.69) is 4.74 Å². The van der Waals surface area contributed by atoms with Gasteiger partial charge < -0.3 is 9.84 Å². The number of hydrogen-bond donors (Lipinski definition) is 1. The van der Waals surface area contributed by atoms with Crippen LogP contribution in [0.1, 0.15) is 26.7 Å². The van der Waals surface area contributed by atoms with E-state index in [0.717, 1.165) is 0 Å². The average Bonchev–Trinajstić information content (AvgIpc) is 2.23. The van der Waals surface area contributed by atoms with Gasteiger partial charge in [-0.05, 0) is 25.8 Å². The Hall–Kier alpha value is -1.65. The number of carbonyl (C=O) groups is 3. The standard InChI is InChI=1S/C11H14O5/c1-6-8(9(13)16-3)7(12)4-5-11(6,2)10(14)15/h4-5H2,1-3H3,(H,14,15)/t11-/m0/s1. The van der Waals surface area contributed by atoms with Crippen LogP contribution in [-0.4, -0.2) is 29.9 Å². The first-order valence-electron chi connectivity index (χ1n) is 4.91. The van der Waals surface area contributed by atoms with Crippen molar-refractivity contribution in [2.45, 2.75) is 26.7 Å². The molecular formula is C11H14O5. The molecular weight excluding hydrogens is 212 g/mol. The Bertz CT molecular complexity index is 393. The van der Waals surface area contributed by atoms with Gasteiger partial charge >= 0.3 is 11.9 Å². The van der Waals surface area contributed by atoms with Crippen molar-refractivity contribution in [3.05, 3.63) is 11.1 Å². The van der Waals surface area contributed by atoms with E-state index >= 15 is 0 Å². The SMILES string of the molecule is COC(=O)C1=C(C)[C@@](C)(C(=O)O)CCC1=O. The molecule has 0 radical (unpaired) electrons. The number of carboxylic acids is 1. The van der Waals surface area contributed by atoms with E-state index in [-0.39, 0.29) is 29.8 Å². The smallest absolute Gasteiger partial charge is 0.341 e. The number of hydrogen-bond acceptors (Lipinski definition) is 4. The number of esters is 1. The topological polar surface area (TPSA) is 80.7 Å². The van der Waals surface area contributed by atoms with Crippen molar-refractivity contribution in [2.75, 3.05) is 7.11 Å². The lowest BCUT2D eigenvalue weighted by Gasteiger charge is -2.31. The second-order valence-electron chi connectivity index (χ2n) is 4.05. The molecule has 16 heavy (non-hydrogen) atoms.